The largest absolute Gasteiger partial charge is 0.411 e. The Labute approximate surface area is 60.9 Å². The van der Waals surface area contributed by atoms with Gasteiger partial charge in [0.2, 0.25) is 0 Å². The Morgan fingerprint density at radius 3 is 2.20 bits per heavy atom. The third-order valence-electron chi connectivity index (χ3n) is 0.510. The van der Waals surface area contributed by atoms with E-state index in [0.29, 0.717) is 0 Å². The average molecular weight is 179 g/mol. The van der Waals surface area contributed by atoms with Gasteiger partial charge in [-0.25, -0.2) is 0 Å². The third kappa shape index (κ3) is 8.00. The van der Waals surface area contributed by atoms with Gasteiger partial charge in [0.1, 0.15) is 19.5 Å². The van der Waals surface area contributed by atoms with Gasteiger partial charge < -0.3 is 9.47 Å². The molecule has 0 saturated heterocycles. The Bertz CT molecular complexity index is 85.1. The van der Waals surface area contributed by atoms with Gasteiger partial charge in [-0.1, -0.05) is 11.6 Å². The zero-order valence-electron chi connectivity index (χ0n) is 4.95. The molecular formula is C4H6ClF3O2. The minimum absolute atomic E-state index is 0.169. The van der Waals surface area contributed by atoms with Crippen LogP contribution >= 0.6 is 11.6 Å². The van der Waals surface area contributed by atoms with Crippen LogP contribution in [0.25, 0.3) is 0 Å². The van der Waals surface area contributed by atoms with E-state index in [1.54, 1.807) is 0 Å². The van der Waals surface area contributed by atoms with Crippen molar-refractivity contribution in [3.8, 4) is 0 Å². The summed E-state index contributed by atoms with van der Waals surface area (Å²) >= 11 is 4.97. The highest BCUT2D eigenvalue weighted by Gasteiger charge is 2.27. The molecular weight excluding hydrogens is 172 g/mol. The molecule has 0 amide bonds. The van der Waals surface area contributed by atoms with E-state index >= 15 is 0 Å². The molecule has 0 aromatic carbocycles. The minimum Gasteiger partial charge on any atom is -0.346 e. The van der Waals surface area contributed by atoms with Crippen molar-refractivity contribution in [2.75, 3.05) is 19.5 Å². The van der Waals surface area contributed by atoms with Gasteiger partial charge in [0, 0.05) is 0 Å². The summed E-state index contributed by atoms with van der Waals surface area (Å²) in [6, 6.07) is -0.169. The van der Waals surface area contributed by atoms with Crippen LogP contribution in [0.15, 0.2) is 0 Å². The lowest BCUT2D eigenvalue weighted by molar-refractivity contribution is -0.194. The molecule has 0 unspecified atom stereocenters. The maximum absolute atomic E-state index is 11.3. The SMILES string of the molecule is FC(F)(F)COCOCCl. The van der Waals surface area contributed by atoms with E-state index in [-0.39, 0.29) is 6.07 Å². The molecule has 0 aromatic heterocycles. The van der Waals surface area contributed by atoms with Gasteiger partial charge in [-0.2, -0.15) is 13.2 Å². The lowest BCUT2D eigenvalue weighted by atomic mass is 10.7. The first kappa shape index (κ1) is 10.0. The van der Waals surface area contributed by atoms with Crippen molar-refractivity contribution in [2.45, 2.75) is 6.18 Å². The van der Waals surface area contributed by atoms with Crippen molar-refractivity contribution >= 4 is 11.6 Å². The van der Waals surface area contributed by atoms with E-state index < -0.39 is 19.6 Å². The van der Waals surface area contributed by atoms with Gasteiger partial charge in [-0.3, -0.25) is 0 Å². The van der Waals surface area contributed by atoms with E-state index in [2.05, 4.69) is 9.47 Å². The first-order valence-electron chi connectivity index (χ1n) is 2.34. The molecule has 0 aliphatic heterocycles. The fourth-order valence-corrected chi connectivity index (χ4v) is 0.311. The highest BCUT2D eigenvalue weighted by molar-refractivity contribution is 6.17. The third-order valence-corrected chi connectivity index (χ3v) is 0.664. The van der Waals surface area contributed by atoms with Crippen molar-refractivity contribution in [2.24, 2.45) is 0 Å². The molecule has 0 aliphatic carbocycles. The summed E-state index contributed by atoms with van der Waals surface area (Å²) in [6.07, 6.45) is -4.30. The van der Waals surface area contributed by atoms with Crippen LogP contribution < -0.4 is 0 Å². The van der Waals surface area contributed by atoms with Crippen molar-refractivity contribution in [1.82, 2.24) is 0 Å². The van der Waals surface area contributed by atoms with Gasteiger partial charge >= 0.3 is 6.18 Å². The second-order valence-corrected chi connectivity index (χ2v) is 1.61. The Kier molecular flexibility index (Phi) is 4.76. The Hall–Kier alpha value is 0. The van der Waals surface area contributed by atoms with Gasteiger partial charge in [-0.05, 0) is 0 Å². The normalized spacial score (nSPS) is 12.0. The summed E-state index contributed by atoms with van der Waals surface area (Å²) in [6.45, 7) is -1.73. The maximum atomic E-state index is 11.3. The lowest BCUT2D eigenvalue weighted by Gasteiger charge is -2.05. The predicted molar refractivity (Wildman–Crippen MR) is 28.7 cm³/mol. The number of halogens is 4. The topological polar surface area (TPSA) is 18.5 Å². The van der Waals surface area contributed by atoms with Crippen molar-refractivity contribution < 1.29 is 22.6 Å². The van der Waals surface area contributed by atoms with E-state index in [4.69, 9.17) is 11.6 Å². The van der Waals surface area contributed by atoms with Crippen molar-refractivity contribution in [3.05, 3.63) is 0 Å². The van der Waals surface area contributed by atoms with Crippen LogP contribution in [-0.4, -0.2) is 25.6 Å². The Balaban J connectivity index is 3.04. The molecule has 62 valence electrons. The summed E-state index contributed by atoms with van der Waals surface area (Å²) in [5, 5.41) is 0. The van der Waals surface area contributed by atoms with Crippen molar-refractivity contribution in [3.63, 3.8) is 0 Å². The van der Waals surface area contributed by atoms with Crippen LogP contribution in [0.5, 0.6) is 0 Å². The highest BCUT2D eigenvalue weighted by Crippen LogP contribution is 2.14. The van der Waals surface area contributed by atoms with Crippen LogP contribution in [-0.2, 0) is 9.47 Å². The summed E-state index contributed by atoms with van der Waals surface area (Å²) in [5.74, 6) is 0. The van der Waals surface area contributed by atoms with E-state index in [9.17, 15) is 13.2 Å². The summed E-state index contributed by atoms with van der Waals surface area (Å²) in [5.41, 5.74) is 0. The van der Waals surface area contributed by atoms with Crippen LogP contribution in [0.3, 0.4) is 0 Å². The Morgan fingerprint density at radius 2 is 1.80 bits per heavy atom. The summed E-state index contributed by atoms with van der Waals surface area (Å²) in [4.78, 5) is 0. The molecule has 0 atom stereocenters. The van der Waals surface area contributed by atoms with Gasteiger partial charge in [0.05, 0.1) is 0 Å². The molecule has 10 heavy (non-hydrogen) atoms. The van der Waals surface area contributed by atoms with E-state index in [1.807, 2.05) is 0 Å². The molecule has 0 aliphatic rings. The summed E-state index contributed by atoms with van der Waals surface area (Å²) < 4.78 is 42.1. The molecule has 0 heterocycles. The highest BCUT2D eigenvalue weighted by atomic mass is 35.5. The van der Waals surface area contributed by atoms with Crippen LogP contribution in [0.4, 0.5) is 13.2 Å². The fourth-order valence-electron chi connectivity index (χ4n) is 0.248. The number of rotatable bonds is 4. The second kappa shape index (κ2) is 4.76. The molecule has 0 aromatic rings. The number of ether oxygens (including phenoxy) is 2. The van der Waals surface area contributed by atoms with Gasteiger partial charge in [-0.15, -0.1) is 0 Å². The van der Waals surface area contributed by atoms with Crippen LogP contribution in [0.2, 0.25) is 0 Å². The molecule has 6 heteroatoms. The number of hydrogen-bond acceptors (Lipinski definition) is 2. The zero-order chi connectivity index (χ0) is 8.04. The molecule has 0 spiro atoms. The van der Waals surface area contributed by atoms with Gasteiger partial charge in [0.15, 0.2) is 0 Å². The first-order valence-corrected chi connectivity index (χ1v) is 2.88. The summed E-state index contributed by atoms with van der Waals surface area (Å²) in [7, 11) is 0. The Morgan fingerprint density at radius 1 is 1.20 bits per heavy atom. The molecule has 0 bridgehead atoms. The molecule has 2 nitrogen and oxygen atoms in total. The zero-order valence-corrected chi connectivity index (χ0v) is 5.71. The van der Waals surface area contributed by atoms with Crippen LogP contribution in [0, 0.1) is 0 Å². The quantitative estimate of drug-likeness (QED) is 0.371. The molecule has 0 N–H and O–H groups in total. The van der Waals surface area contributed by atoms with E-state index in [1.165, 1.54) is 0 Å². The predicted octanol–water partition coefficient (Wildman–Crippen LogP) is 1.74. The number of alkyl halides is 4. The van der Waals surface area contributed by atoms with Gasteiger partial charge in [0.25, 0.3) is 0 Å². The second-order valence-electron chi connectivity index (χ2n) is 1.39. The fraction of sp³-hybridized carbons (Fsp3) is 1.00. The smallest absolute Gasteiger partial charge is 0.346 e. The van der Waals surface area contributed by atoms with E-state index in [0.717, 1.165) is 0 Å². The standard InChI is InChI=1S/C4H6ClF3O2/c5-2-10-3-9-1-4(6,7)8/h1-3H2. The lowest BCUT2D eigenvalue weighted by Crippen LogP contribution is -2.17. The molecule has 0 fully saturated rings. The minimum atomic E-state index is -4.30. The van der Waals surface area contributed by atoms with Crippen LogP contribution in [0.1, 0.15) is 0 Å². The van der Waals surface area contributed by atoms with Crippen molar-refractivity contribution in [1.29, 1.82) is 0 Å². The molecule has 0 radical (unpaired) electrons. The average Bonchev–Trinajstić information content (AvgIpc) is 1.78. The monoisotopic (exact) mass is 178 g/mol. The number of hydrogen-bond donors (Lipinski definition) is 0. The maximum Gasteiger partial charge on any atom is 0.411 e. The first-order chi connectivity index (χ1) is 4.56. The molecule has 0 saturated carbocycles. The molecule has 0 rings (SSSR count).